The van der Waals surface area contributed by atoms with Gasteiger partial charge in [0, 0.05) is 18.5 Å². The fourth-order valence-corrected chi connectivity index (χ4v) is 3.93. The molecule has 4 rings (SSSR count). The summed E-state index contributed by atoms with van der Waals surface area (Å²) in [6.07, 6.45) is 3.20. The maximum Gasteiger partial charge on any atom is 0.296 e. The van der Waals surface area contributed by atoms with Gasteiger partial charge in [-0.15, -0.1) is 0 Å². The number of aromatic nitrogens is 2. The fraction of sp³-hybridized carbons (Fsp3) is 0.231. The van der Waals surface area contributed by atoms with Crippen molar-refractivity contribution in [1.29, 1.82) is 0 Å². The van der Waals surface area contributed by atoms with Crippen LogP contribution in [-0.4, -0.2) is 44.9 Å². The van der Waals surface area contributed by atoms with Crippen molar-refractivity contribution in [3.05, 3.63) is 89.5 Å². The number of ether oxygens (including phenoxy) is 2. The third-order valence-electron chi connectivity index (χ3n) is 5.39. The minimum absolute atomic E-state index is 0.0512. The molecule has 1 atom stereocenters. The van der Waals surface area contributed by atoms with Crippen LogP contribution in [0, 0.1) is 0 Å². The Hall–Kier alpha value is -4.20. The number of hydrogen-bond acceptors (Lipinski definition) is 7. The molecule has 1 aromatic carbocycles. The minimum Gasteiger partial charge on any atom is -0.507 e. The van der Waals surface area contributed by atoms with E-state index in [1.165, 1.54) is 4.90 Å². The zero-order chi connectivity index (χ0) is 24.1. The molecule has 1 amide bonds. The summed E-state index contributed by atoms with van der Waals surface area (Å²) in [4.78, 5) is 36.4. The number of amides is 1. The van der Waals surface area contributed by atoms with Crippen molar-refractivity contribution in [1.82, 2.24) is 14.9 Å². The Bertz CT molecular complexity index is 1210. The van der Waals surface area contributed by atoms with Crippen LogP contribution in [-0.2, 0) is 16.1 Å². The molecule has 1 saturated heterocycles. The van der Waals surface area contributed by atoms with Gasteiger partial charge < -0.3 is 19.5 Å². The van der Waals surface area contributed by atoms with E-state index in [1.807, 2.05) is 19.9 Å². The molecule has 174 valence electrons. The van der Waals surface area contributed by atoms with E-state index >= 15 is 0 Å². The summed E-state index contributed by atoms with van der Waals surface area (Å²) in [7, 11) is 0. The summed E-state index contributed by atoms with van der Waals surface area (Å²) in [5, 5.41) is 11.4. The zero-order valence-corrected chi connectivity index (χ0v) is 19.0. The Morgan fingerprint density at radius 3 is 2.35 bits per heavy atom. The number of rotatable bonds is 8. The number of ketones is 1. The van der Waals surface area contributed by atoms with Gasteiger partial charge >= 0.3 is 0 Å². The lowest BCUT2D eigenvalue weighted by atomic mass is 9.97. The number of nitrogens with zero attached hydrogens (tertiary/aromatic N) is 3. The van der Waals surface area contributed by atoms with Crippen LogP contribution in [0.25, 0.3) is 5.76 Å². The second-order valence-electron chi connectivity index (χ2n) is 7.53. The van der Waals surface area contributed by atoms with Crippen LogP contribution in [0.4, 0.5) is 0 Å². The number of hydrogen-bond donors (Lipinski definition) is 1. The summed E-state index contributed by atoms with van der Waals surface area (Å²) in [6, 6.07) is 14.7. The number of aliphatic hydroxyl groups excluding tert-OH is 1. The largest absolute Gasteiger partial charge is 0.507 e. The molecule has 0 aliphatic carbocycles. The third-order valence-corrected chi connectivity index (χ3v) is 5.39. The topological polar surface area (TPSA) is 102 Å². The van der Waals surface area contributed by atoms with Crippen LogP contribution in [0.3, 0.4) is 0 Å². The predicted molar refractivity (Wildman–Crippen MR) is 125 cm³/mol. The maximum atomic E-state index is 13.2. The lowest BCUT2D eigenvalue weighted by molar-refractivity contribution is -0.140. The van der Waals surface area contributed by atoms with E-state index in [9.17, 15) is 14.7 Å². The number of aliphatic hydroxyl groups is 1. The first-order valence-electron chi connectivity index (χ1n) is 11.0. The molecule has 1 fully saturated rings. The minimum atomic E-state index is -0.885. The molecule has 0 radical (unpaired) electrons. The van der Waals surface area contributed by atoms with Gasteiger partial charge in [0.15, 0.2) is 0 Å². The van der Waals surface area contributed by atoms with Crippen LogP contribution in [0.2, 0.25) is 0 Å². The summed E-state index contributed by atoms with van der Waals surface area (Å²) in [5.74, 6) is -0.933. The molecule has 0 bridgehead atoms. The van der Waals surface area contributed by atoms with Crippen molar-refractivity contribution in [3.63, 3.8) is 0 Å². The Labute approximate surface area is 197 Å². The van der Waals surface area contributed by atoms with Gasteiger partial charge in [0.05, 0.1) is 42.3 Å². The number of Topliss-reactive ketones (excluding diaryl/α,β-unsaturated/α-hetero) is 1. The predicted octanol–water partition coefficient (Wildman–Crippen LogP) is 3.90. The SMILES string of the molecule is CCOc1ccc(/C(O)=C2/C(=O)C(=O)N(Cc3ccccn3)C2c2ccccn2)c(OCC)c1. The van der Waals surface area contributed by atoms with Crippen LogP contribution >= 0.6 is 0 Å². The number of likely N-dealkylation sites (tertiary alicyclic amines) is 1. The monoisotopic (exact) mass is 459 g/mol. The first kappa shape index (κ1) is 23.0. The van der Waals surface area contributed by atoms with E-state index in [1.54, 1.807) is 60.9 Å². The third kappa shape index (κ3) is 4.47. The van der Waals surface area contributed by atoms with Crippen LogP contribution in [0.15, 0.2) is 72.6 Å². The second-order valence-corrected chi connectivity index (χ2v) is 7.53. The van der Waals surface area contributed by atoms with Crippen LogP contribution < -0.4 is 9.47 Å². The van der Waals surface area contributed by atoms with Gasteiger partial charge in [0.25, 0.3) is 11.7 Å². The Morgan fingerprint density at radius 1 is 0.971 bits per heavy atom. The van der Waals surface area contributed by atoms with Crippen molar-refractivity contribution >= 4 is 17.4 Å². The number of carbonyl (C=O) groups excluding carboxylic acids is 2. The molecule has 0 saturated carbocycles. The van der Waals surface area contributed by atoms with Crippen molar-refractivity contribution in [2.45, 2.75) is 26.4 Å². The van der Waals surface area contributed by atoms with Gasteiger partial charge in [-0.1, -0.05) is 12.1 Å². The van der Waals surface area contributed by atoms with Crippen LogP contribution in [0.5, 0.6) is 11.5 Å². The molecule has 1 unspecified atom stereocenters. The Morgan fingerprint density at radius 2 is 1.71 bits per heavy atom. The number of benzene rings is 1. The van der Waals surface area contributed by atoms with Crippen molar-refractivity contribution < 1.29 is 24.2 Å². The second kappa shape index (κ2) is 10.2. The first-order chi connectivity index (χ1) is 16.5. The lowest BCUT2D eigenvalue weighted by Crippen LogP contribution is -2.29. The molecular formula is C26H25N3O5. The van der Waals surface area contributed by atoms with Gasteiger partial charge in [-0.2, -0.15) is 0 Å². The molecule has 1 N–H and O–H groups in total. The molecule has 2 aromatic heterocycles. The highest BCUT2D eigenvalue weighted by Gasteiger charge is 2.47. The molecule has 1 aliphatic rings. The molecular weight excluding hydrogens is 434 g/mol. The highest BCUT2D eigenvalue weighted by molar-refractivity contribution is 6.46. The average Bonchev–Trinajstić information content (AvgIpc) is 3.10. The average molecular weight is 460 g/mol. The smallest absolute Gasteiger partial charge is 0.296 e. The van der Waals surface area contributed by atoms with Crippen LogP contribution in [0.1, 0.15) is 36.8 Å². The number of pyridine rings is 2. The Kier molecular flexibility index (Phi) is 6.87. The van der Waals surface area contributed by atoms with E-state index < -0.39 is 17.7 Å². The summed E-state index contributed by atoms with van der Waals surface area (Å²) >= 11 is 0. The van der Waals surface area contributed by atoms with E-state index in [0.29, 0.717) is 41.7 Å². The van der Waals surface area contributed by atoms with Crippen molar-refractivity contribution in [2.75, 3.05) is 13.2 Å². The standard InChI is InChI=1S/C26H25N3O5/c1-3-33-18-11-12-19(21(15-18)34-4-2)24(30)22-23(20-10-6-8-14-28-20)29(26(32)25(22)31)16-17-9-5-7-13-27-17/h5-15,23,30H,3-4,16H2,1-2H3/b24-22-. The maximum absolute atomic E-state index is 13.2. The summed E-state index contributed by atoms with van der Waals surface area (Å²) < 4.78 is 11.3. The molecule has 34 heavy (non-hydrogen) atoms. The molecule has 1 aliphatic heterocycles. The zero-order valence-electron chi connectivity index (χ0n) is 19.0. The van der Waals surface area contributed by atoms with E-state index in [2.05, 4.69) is 9.97 Å². The first-order valence-corrected chi connectivity index (χ1v) is 11.0. The van der Waals surface area contributed by atoms with Gasteiger partial charge in [-0.05, 0) is 50.2 Å². The van der Waals surface area contributed by atoms with E-state index in [4.69, 9.17) is 9.47 Å². The quantitative estimate of drug-likeness (QED) is 0.310. The van der Waals surface area contributed by atoms with E-state index in [0.717, 1.165) is 0 Å². The summed E-state index contributed by atoms with van der Waals surface area (Å²) in [5.41, 5.74) is 1.32. The molecule has 3 aromatic rings. The van der Waals surface area contributed by atoms with Gasteiger partial charge in [0.2, 0.25) is 0 Å². The number of carbonyl (C=O) groups is 2. The summed E-state index contributed by atoms with van der Waals surface area (Å²) in [6.45, 7) is 4.58. The molecule has 0 spiro atoms. The van der Waals surface area contributed by atoms with Crippen molar-refractivity contribution in [2.24, 2.45) is 0 Å². The molecule has 8 heteroatoms. The van der Waals surface area contributed by atoms with Gasteiger partial charge in [0.1, 0.15) is 23.3 Å². The lowest BCUT2D eigenvalue weighted by Gasteiger charge is -2.24. The van der Waals surface area contributed by atoms with Gasteiger partial charge in [-0.25, -0.2) is 0 Å². The fourth-order valence-electron chi connectivity index (χ4n) is 3.93. The highest BCUT2D eigenvalue weighted by atomic mass is 16.5. The Balaban J connectivity index is 1.86. The van der Waals surface area contributed by atoms with Crippen molar-refractivity contribution in [3.8, 4) is 11.5 Å². The molecule has 3 heterocycles. The van der Waals surface area contributed by atoms with Gasteiger partial charge in [-0.3, -0.25) is 19.6 Å². The van der Waals surface area contributed by atoms with E-state index in [-0.39, 0.29) is 17.9 Å². The normalized spacial score (nSPS) is 17.1. The molecule has 8 nitrogen and oxygen atoms in total. The highest BCUT2D eigenvalue weighted by Crippen LogP contribution is 2.41.